The second kappa shape index (κ2) is 11.4. The normalized spacial score (nSPS) is 10.8. The summed E-state index contributed by atoms with van der Waals surface area (Å²) >= 11 is 0. The maximum Gasteiger partial charge on any atom is 0.272 e. The van der Waals surface area contributed by atoms with E-state index in [1.165, 1.54) is 19.2 Å². The van der Waals surface area contributed by atoms with E-state index in [0.717, 1.165) is 13.0 Å². The molecule has 4 amide bonds. The fourth-order valence-corrected chi connectivity index (χ4v) is 3.60. The molecule has 192 valence electrons. The van der Waals surface area contributed by atoms with Crippen molar-refractivity contribution < 1.29 is 19.2 Å². The minimum absolute atomic E-state index is 0.219. The van der Waals surface area contributed by atoms with Crippen LogP contribution in [0.5, 0.6) is 0 Å². The van der Waals surface area contributed by atoms with Crippen LogP contribution in [0.15, 0.2) is 36.8 Å². The van der Waals surface area contributed by atoms with Crippen molar-refractivity contribution >= 4 is 40.7 Å². The van der Waals surface area contributed by atoms with Crippen molar-refractivity contribution in [3.05, 3.63) is 53.9 Å². The summed E-state index contributed by atoms with van der Waals surface area (Å²) in [5.41, 5.74) is 2.37. The van der Waals surface area contributed by atoms with Gasteiger partial charge >= 0.3 is 0 Å². The first-order chi connectivity index (χ1) is 17.0. The van der Waals surface area contributed by atoms with Crippen LogP contribution in [0.1, 0.15) is 44.8 Å². The third-order valence-electron chi connectivity index (χ3n) is 5.31. The third-order valence-corrected chi connectivity index (χ3v) is 5.31. The molecule has 3 rings (SSSR count). The minimum Gasteiger partial charge on any atom is -0.355 e. The molecule has 0 unspecified atom stereocenters. The summed E-state index contributed by atoms with van der Waals surface area (Å²) in [6.07, 6.45) is 5.62. The largest absolute Gasteiger partial charge is 0.355 e. The molecular formula is C24H32N8O4. The zero-order valence-corrected chi connectivity index (χ0v) is 21.1. The molecular weight excluding hydrogens is 464 g/mol. The highest BCUT2D eigenvalue weighted by atomic mass is 16.2. The second-order valence-corrected chi connectivity index (χ2v) is 8.75. The monoisotopic (exact) mass is 496 g/mol. The lowest BCUT2D eigenvalue weighted by Gasteiger charge is -2.10. The van der Waals surface area contributed by atoms with Crippen molar-refractivity contribution in [3.63, 3.8) is 0 Å². The quantitative estimate of drug-likeness (QED) is 0.272. The number of aromatic nitrogens is 3. The van der Waals surface area contributed by atoms with Crippen molar-refractivity contribution in [3.8, 4) is 0 Å². The van der Waals surface area contributed by atoms with Gasteiger partial charge in [-0.15, -0.1) is 0 Å². The van der Waals surface area contributed by atoms with Gasteiger partial charge in [0.15, 0.2) is 0 Å². The summed E-state index contributed by atoms with van der Waals surface area (Å²) in [5.74, 6) is -1.28. The molecule has 0 radical (unpaired) electrons. The highest BCUT2D eigenvalue weighted by Crippen LogP contribution is 2.18. The van der Waals surface area contributed by atoms with Gasteiger partial charge in [0, 0.05) is 46.2 Å². The number of hydrogen-bond donors (Lipinski definition) is 5. The fraction of sp³-hybridized carbons (Fsp3) is 0.333. The number of hydrogen-bond acceptors (Lipinski definition) is 5. The van der Waals surface area contributed by atoms with Gasteiger partial charge in [0.05, 0.1) is 17.1 Å². The van der Waals surface area contributed by atoms with Gasteiger partial charge in [0.25, 0.3) is 17.7 Å². The lowest BCUT2D eigenvalue weighted by atomic mass is 10.3. The summed E-state index contributed by atoms with van der Waals surface area (Å²) in [4.78, 5) is 53.9. The van der Waals surface area contributed by atoms with Crippen molar-refractivity contribution in [2.24, 2.45) is 14.1 Å². The molecule has 0 fully saturated rings. The molecule has 0 atom stereocenters. The maximum atomic E-state index is 12.7. The molecule has 5 N–H and O–H groups in total. The molecule has 3 heterocycles. The number of H-pyrrole nitrogens is 1. The van der Waals surface area contributed by atoms with Gasteiger partial charge in [-0.1, -0.05) is 0 Å². The molecule has 0 saturated carbocycles. The third kappa shape index (κ3) is 6.85. The van der Waals surface area contributed by atoms with Crippen LogP contribution in [0.3, 0.4) is 0 Å². The van der Waals surface area contributed by atoms with Crippen LogP contribution in [0.25, 0.3) is 0 Å². The number of nitrogens with zero attached hydrogens (tertiary/aromatic N) is 3. The van der Waals surface area contributed by atoms with Crippen LogP contribution in [-0.2, 0) is 18.9 Å². The summed E-state index contributed by atoms with van der Waals surface area (Å²) in [6, 6.07) is 4.67. The fourth-order valence-electron chi connectivity index (χ4n) is 3.60. The molecule has 0 aliphatic rings. The van der Waals surface area contributed by atoms with Crippen molar-refractivity contribution in [1.82, 2.24) is 24.3 Å². The first-order valence-corrected chi connectivity index (χ1v) is 11.4. The Balaban J connectivity index is 1.58. The molecule has 0 saturated heterocycles. The molecule has 3 aromatic heterocycles. The number of rotatable bonds is 10. The summed E-state index contributed by atoms with van der Waals surface area (Å²) in [7, 11) is 7.37. The molecule has 12 heteroatoms. The van der Waals surface area contributed by atoms with Crippen molar-refractivity contribution in [1.29, 1.82) is 0 Å². The smallest absolute Gasteiger partial charge is 0.272 e. The van der Waals surface area contributed by atoms with E-state index in [1.54, 1.807) is 47.8 Å². The van der Waals surface area contributed by atoms with Crippen LogP contribution in [-0.4, -0.2) is 69.8 Å². The SMILES string of the molecule is CC(=O)Nc1cc(C(=O)Nc2c[nH]c(C(=O)Nc3cc(C(=O)NCCCN(C)C)n(C)c3)c2)n(C)c1. The van der Waals surface area contributed by atoms with Gasteiger partial charge in [-0.05, 0) is 45.3 Å². The summed E-state index contributed by atoms with van der Waals surface area (Å²) in [5, 5.41) is 11.0. The molecule has 0 aliphatic carbocycles. The van der Waals surface area contributed by atoms with Gasteiger partial charge in [-0.25, -0.2) is 0 Å². The highest BCUT2D eigenvalue weighted by molar-refractivity contribution is 6.07. The van der Waals surface area contributed by atoms with Crippen molar-refractivity contribution in [2.45, 2.75) is 13.3 Å². The number of amides is 4. The summed E-state index contributed by atoms with van der Waals surface area (Å²) < 4.78 is 3.23. The van der Waals surface area contributed by atoms with E-state index in [2.05, 4.69) is 26.3 Å². The molecule has 0 bridgehead atoms. The van der Waals surface area contributed by atoms with Gasteiger partial charge in [0.1, 0.15) is 17.1 Å². The lowest BCUT2D eigenvalue weighted by molar-refractivity contribution is -0.114. The molecule has 0 aromatic carbocycles. The van der Waals surface area contributed by atoms with E-state index in [9.17, 15) is 19.2 Å². The zero-order chi connectivity index (χ0) is 26.4. The predicted molar refractivity (Wildman–Crippen MR) is 137 cm³/mol. The highest BCUT2D eigenvalue weighted by Gasteiger charge is 2.17. The standard InChI is InChI=1S/C24H32N8O4/c1-15(33)27-17-10-21(32(5)13-17)24(36)28-16-9-19(26-12-16)22(34)29-18-11-20(31(4)14-18)23(35)25-7-6-8-30(2)3/h9-14,26H,6-8H2,1-5H3,(H,25,35)(H,27,33)(H,28,36)(H,29,34). The molecule has 36 heavy (non-hydrogen) atoms. The lowest BCUT2D eigenvalue weighted by Crippen LogP contribution is -2.28. The topological polar surface area (TPSA) is 145 Å². The Bertz CT molecular complexity index is 1270. The average Bonchev–Trinajstić information content (AvgIpc) is 3.49. The van der Waals surface area contributed by atoms with Crippen LogP contribution in [0.4, 0.5) is 17.1 Å². The number of carbonyl (C=O) groups excluding carboxylic acids is 4. The maximum absolute atomic E-state index is 12.7. The molecule has 0 spiro atoms. The molecule has 12 nitrogen and oxygen atoms in total. The van der Waals surface area contributed by atoms with E-state index in [4.69, 9.17) is 0 Å². The van der Waals surface area contributed by atoms with Crippen LogP contribution in [0, 0.1) is 0 Å². The van der Waals surface area contributed by atoms with Crippen LogP contribution < -0.4 is 21.3 Å². The number of anilines is 3. The Labute approximate surface area is 209 Å². The summed E-state index contributed by atoms with van der Waals surface area (Å²) in [6.45, 7) is 2.81. The zero-order valence-electron chi connectivity index (χ0n) is 21.1. The first kappa shape index (κ1) is 26.3. The number of aryl methyl sites for hydroxylation is 2. The van der Waals surface area contributed by atoms with Gasteiger partial charge < -0.3 is 40.3 Å². The van der Waals surface area contributed by atoms with Gasteiger partial charge in [-0.3, -0.25) is 19.2 Å². The van der Waals surface area contributed by atoms with E-state index in [0.29, 0.717) is 35.0 Å². The van der Waals surface area contributed by atoms with E-state index < -0.39 is 11.8 Å². The van der Waals surface area contributed by atoms with Crippen molar-refractivity contribution in [2.75, 3.05) is 43.1 Å². The number of nitrogens with one attached hydrogen (secondary N) is 5. The Morgan fingerprint density at radius 1 is 0.833 bits per heavy atom. The Hall–Kier alpha value is -4.32. The first-order valence-electron chi connectivity index (χ1n) is 11.4. The number of aromatic amines is 1. The van der Waals surface area contributed by atoms with Crippen LogP contribution in [0.2, 0.25) is 0 Å². The van der Waals surface area contributed by atoms with Gasteiger partial charge in [0.2, 0.25) is 5.91 Å². The average molecular weight is 497 g/mol. The van der Waals surface area contributed by atoms with Crippen LogP contribution >= 0.6 is 0 Å². The Kier molecular flexibility index (Phi) is 8.33. The van der Waals surface area contributed by atoms with E-state index in [-0.39, 0.29) is 17.5 Å². The van der Waals surface area contributed by atoms with E-state index >= 15 is 0 Å². The Morgan fingerprint density at radius 2 is 1.42 bits per heavy atom. The number of carbonyl (C=O) groups is 4. The predicted octanol–water partition coefficient (Wildman–Crippen LogP) is 1.84. The second-order valence-electron chi connectivity index (χ2n) is 8.75. The Morgan fingerprint density at radius 3 is 2.03 bits per heavy atom. The van der Waals surface area contributed by atoms with E-state index in [1.807, 2.05) is 19.0 Å². The minimum atomic E-state index is -0.425. The molecule has 3 aromatic rings. The molecule has 0 aliphatic heterocycles. The van der Waals surface area contributed by atoms with Gasteiger partial charge in [-0.2, -0.15) is 0 Å².